The van der Waals surface area contributed by atoms with E-state index in [2.05, 4.69) is 10.5 Å². The molecule has 0 radical (unpaired) electrons. The number of hydrogen-bond acceptors (Lipinski definition) is 5. The maximum atomic E-state index is 11.8. The monoisotopic (exact) mass is 304 g/mol. The van der Waals surface area contributed by atoms with E-state index in [4.69, 9.17) is 14.0 Å². The van der Waals surface area contributed by atoms with E-state index in [0.717, 1.165) is 17.0 Å². The highest BCUT2D eigenvalue weighted by Gasteiger charge is 2.08. The van der Waals surface area contributed by atoms with Gasteiger partial charge in [-0.15, -0.1) is 0 Å². The van der Waals surface area contributed by atoms with Gasteiger partial charge in [-0.3, -0.25) is 4.79 Å². The number of ether oxygens (including phenoxy) is 2. The molecule has 0 atom stereocenters. The summed E-state index contributed by atoms with van der Waals surface area (Å²) in [6.45, 7) is 2.19. The van der Waals surface area contributed by atoms with Crippen LogP contribution < -0.4 is 14.8 Å². The van der Waals surface area contributed by atoms with Crippen molar-refractivity contribution in [3.05, 3.63) is 41.3 Å². The molecule has 1 aromatic carbocycles. The third kappa shape index (κ3) is 4.25. The average Bonchev–Trinajstić information content (AvgIpc) is 2.96. The number of aryl methyl sites for hydroxylation is 2. The van der Waals surface area contributed by atoms with Crippen molar-refractivity contribution < 1.29 is 18.8 Å². The third-order valence-corrected chi connectivity index (χ3v) is 3.23. The molecule has 1 amide bonds. The highest BCUT2D eigenvalue weighted by Crippen LogP contribution is 2.27. The molecule has 22 heavy (non-hydrogen) atoms. The Bertz CT molecular complexity index is 637. The molecule has 0 aliphatic rings. The molecule has 0 spiro atoms. The molecule has 0 saturated carbocycles. The minimum atomic E-state index is -0.0320. The van der Waals surface area contributed by atoms with Gasteiger partial charge < -0.3 is 19.3 Å². The second kappa shape index (κ2) is 7.49. The lowest BCUT2D eigenvalue weighted by Gasteiger charge is -2.09. The van der Waals surface area contributed by atoms with Crippen LogP contribution in [0, 0.1) is 6.92 Å². The normalized spacial score (nSPS) is 10.3. The van der Waals surface area contributed by atoms with Crippen molar-refractivity contribution in [3.63, 3.8) is 0 Å². The Balaban J connectivity index is 1.83. The molecule has 6 nitrogen and oxygen atoms in total. The van der Waals surface area contributed by atoms with E-state index >= 15 is 0 Å². The summed E-state index contributed by atoms with van der Waals surface area (Å²) in [7, 11) is 3.19. The van der Waals surface area contributed by atoms with Gasteiger partial charge in [0.15, 0.2) is 11.5 Å². The van der Waals surface area contributed by atoms with Crippen molar-refractivity contribution in [2.75, 3.05) is 14.2 Å². The first-order valence-corrected chi connectivity index (χ1v) is 7.02. The number of aromatic nitrogens is 1. The van der Waals surface area contributed by atoms with Gasteiger partial charge in [0.25, 0.3) is 0 Å². The minimum Gasteiger partial charge on any atom is -0.493 e. The Morgan fingerprint density at radius 1 is 1.23 bits per heavy atom. The molecule has 1 aromatic heterocycles. The smallest absolute Gasteiger partial charge is 0.220 e. The third-order valence-electron chi connectivity index (χ3n) is 3.23. The quantitative estimate of drug-likeness (QED) is 0.849. The van der Waals surface area contributed by atoms with Crippen LogP contribution in [0.15, 0.2) is 28.8 Å². The SMILES string of the molecule is COc1ccc(CCC(=O)NCc2cc(C)on2)cc1OC. The van der Waals surface area contributed by atoms with Crippen LogP contribution in [-0.2, 0) is 17.8 Å². The summed E-state index contributed by atoms with van der Waals surface area (Å²) in [5.74, 6) is 2.04. The van der Waals surface area contributed by atoms with Crippen LogP contribution in [0.25, 0.3) is 0 Å². The molecule has 1 N–H and O–H groups in total. The molecule has 1 heterocycles. The summed E-state index contributed by atoms with van der Waals surface area (Å²) in [5, 5.41) is 6.64. The summed E-state index contributed by atoms with van der Waals surface area (Å²) in [5.41, 5.74) is 1.74. The Morgan fingerprint density at radius 3 is 2.64 bits per heavy atom. The highest BCUT2D eigenvalue weighted by atomic mass is 16.5. The Hall–Kier alpha value is -2.50. The lowest BCUT2D eigenvalue weighted by molar-refractivity contribution is -0.121. The van der Waals surface area contributed by atoms with Gasteiger partial charge in [0.05, 0.1) is 20.8 Å². The fraction of sp³-hybridized carbons (Fsp3) is 0.375. The zero-order valence-electron chi connectivity index (χ0n) is 13.0. The van der Waals surface area contributed by atoms with E-state index in [1.165, 1.54) is 0 Å². The average molecular weight is 304 g/mol. The van der Waals surface area contributed by atoms with Crippen LogP contribution >= 0.6 is 0 Å². The molecule has 6 heteroatoms. The number of hydrogen-bond donors (Lipinski definition) is 1. The number of carbonyl (C=O) groups excluding carboxylic acids is 1. The van der Waals surface area contributed by atoms with E-state index in [1.54, 1.807) is 20.3 Å². The number of benzene rings is 1. The number of nitrogens with one attached hydrogen (secondary N) is 1. The van der Waals surface area contributed by atoms with Gasteiger partial charge in [0.1, 0.15) is 11.5 Å². The van der Waals surface area contributed by atoms with Crippen LogP contribution in [-0.4, -0.2) is 25.3 Å². The van der Waals surface area contributed by atoms with Crippen LogP contribution in [0.4, 0.5) is 0 Å². The zero-order valence-corrected chi connectivity index (χ0v) is 13.0. The first kappa shape index (κ1) is 15.9. The molecular weight excluding hydrogens is 284 g/mol. The van der Waals surface area contributed by atoms with Gasteiger partial charge in [-0.25, -0.2) is 0 Å². The van der Waals surface area contributed by atoms with E-state index in [9.17, 15) is 4.79 Å². The molecule has 0 unspecified atom stereocenters. The maximum absolute atomic E-state index is 11.8. The Morgan fingerprint density at radius 2 is 2.00 bits per heavy atom. The summed E-state index contributed by atoms with van der Waals surface area (Å²) >= 11 is 0. The summed E-state index contributed by atoms with van der Waals surface area (Å²) in [4.78, 5) is 11.8. The van der Waals surface area contributed by atoms with Crippen molar-refractivity contribution in [1.29, 1.82) is 0 Å². The maximum Gasteiger partial charge on any atom is 0.220 e. The zero-order chi connectivity index (χ0) is 15.9. The number of amides is 1. The fourth-order valence-electron chi connectivity index (χ4n) is 2.07. The van der Waals surface area contributed by atoms with Crippen LogP contribution in [0.1, 0.15) is 23.4 Å². The van der Waals surface area contributed by atoms with Crippen LogP contribution in [0.5, 0.6) is 11.5 Å². The summed E-state index contributed by atoms with van der Waals surface area (Å²) in [6.07, 6.45) is 1.02. The largest absolute Gasteiger partial charge is 0.493 e. The molecule has 0 aliphatic carbocycles. The van der Waals surface area contributed by atoms with Crippen LogP contribution in [0.3, 0.4) is 0 Å². The minimum absolute atomic E-state index is 0.0320. The van der Waals surface area contributed by atoms with Crippen molar-refractivity contribution >= 4 is 5.91 Å². The molecule has 2 aromatic rings. The number of methoxy groups -OCH3 is 2. The predicted octanol–water partition coefficient (Wildman–Crippen LogP) is 2.25. The Kier molecular flexibility index (Phi) is 5.41. The van der Waals surface area contributed by atoms with E-state index in [1.807, 2.05) is 25.1 Å². The molecule has 2 rings (SSSR count). The predicted molar refractivity (Wildman–Crippen MR) is 81.0 cm³/mol. The molecule has 0 bridgehead atoms. The topological polar surface area (TPSA) is 73.6 Å². The van der Waals surface area contributed by atoms with Crippen molar-refractivity contribution in [2.24, 2.45) is 0 Å². The summed E-state index contributed by atoms with van der Waals surface area (Å²) < 4.78 is 15.4. The van der Waals surface area contributed by atoms with Crippen molar-refractivity contribution in [1.82, 2.24) is 10.5 Å². The Labute approximate surface area is 129 Å². The lowest BCUT2D eigenvalue weighted by atomic mass is 10.1. The molecular formula is C16H20N2O4. The highest BCUT2D eigenvalue weighted by molar-refractivity contribution is 5.76. The number of rotatable bonds is 7. The first-order valence-electron chi connectivity index (χ1n) is 7.02. The van der Waals surface area contributed by atoms with Crippen molar-refractivity contribution in [2.45, 2.75) is 26.3 Å². The summed E-state index contributed by atoms with van der Waals surface area (Å²) in [6, 6.07) is 7.45. The lowest BCUT2D eigenvalue weighted by Crippen LogP contribution is -2.23. The molecule has 0 aliphatic heterocycles. The van der Waals surface area contributed by atoms with E-state index < -0.39 is 0 Å². The van der Waals surface area contributed by atoms with Gasteiger partial charge >= 0.3 is 0 Å². The number of nitrogens with zero attached hydrogens (tertiary/aromatic N) is 1. The van der Waals surface area contributed by atoms with Gasteiger partial charge in [-0.2, -0.15) is 0 Å². The molecule has 118 valence electrons. The standard InChI is InChI=1S/C16H20N2O4/c1-11-8-13(18-22-11)10-17-16(19)7-5-12-4-6-14(20-2)15(9-12)21-3/h4,6,8-9H,5,7,10H2,1-3H3,(H,17,19). The van der Waals surface area contributed by atoms with Gasteiger partial charge in [-0.1, -0.05) is 11.2 Å². The second-order valence-electron chi connectivity index (χ2n) is 4.89. The van der Waals surface area contributed by atoms with Gasteiger partial charge in [0.2, 0.25) is 5.91 Å². The van der Waals surface area contributed by atoms with Gasteiger partial charge in [-0.05, 0) is 31.0 Å². The van der Waals surface area contributed by atoms with Crippen LogP contribution in [0.2, 0.25) is 0 Å². The van der Waals surface area contributed by atoms with Gasteiger partial charge in [0, 0.05) is 12.5 Å². The first-order chi connectivity index (χ1) is 10.6. The van der Waals surface area contributed by atoms with Crippen molar-refractivity contribution in [3.8, 4) is 11.5 Å². The van der Waals surface area contributed by atoms with E-state index in [-0.39, 0.29) is 5.91 Å². The van der Waals surface area contributed by atoms with E-state index in [0.29, 0.717) is 30.9 Å². The molecule has 0 fully saturated rings. The fourth-order valence-corrected chi connectivity index (χ4v) is 2.07. The molecule has 0 saturated heterocycles. The second-order valence-corrected chi connectivity index (χ2v) is 4.89. The number of carbonyl (C=O) groups is 1.